The van der Waals surface area contributed by atoms with E-state index in [0.717, 1.165) is 45.2 Å². The number of fused-ring (bicyclic) bond motifs is 1. The molecule has 0 aliphatic heterocycles. The fourth-order valence-electron chi connectivity index (χ4n) is 3.32. The molecule has 0 bridgehead atoms. The van der Waals surface area contributed by atoms with Gasteiger partial charge in [-0.2, -0.15) is 0 Å². The minimum atomic E-state index is 0.816. The van der Waals surface area contributed by atoms with Gasteiger partial charge in [-0.05, 0) is 54.6 Å². The summed E-state index contributed by atoms with van der Waals surface area (Å²) in [5.41, 5.74) is 4.03. The van der Waals surface area contributed by atoms with Crippen molar-refractivity contribution in [3.05, 3.63) is 78.4 Å². The second-order valence-electron chi connectivity index (χ2n) is 6.65. The van der Waals surface area contributed by atoms with Crippen LogP contribution < -0.4 is 14.8 Å². The van der Waals surface area contributed by atoms with Crippen molar-refractivity contribution in [3.8, 4) is 11.5 Å². The van der Waals surface area contributed by atoms with E-state index in [1.54, 1.807) is 14.2 Å². The van der Waals surface area contributed by atoms with Gasteiger partial charge in [-0.1, -0.05) is 18.2 Å². The lowest BCUT2D eigenvalue weighted by molar-refractivity contribution is 0.415. The number of aliphatic imine (C=N–C) groups is 1. The number of aromatic nitrogens is 1. The third kappa shape index (κ3) is 3.80. The highest BCUT2D eigenvalue weighted by molar-refractivity contribution is 6.06. The molecule has 0 saturated carbocycles. The van der Waals surface area contributed by atoms with Crippen LogP contribution in [-0.4, -0.2) is 25.0 Å². The van der Waals surface area contributed by atoms with Crippen molar-refractivity contribution in [2.45, 2.75) is 0 Å². The van der Waals surface area contributed by atoms with Gasteiger partial charge in [-0.25, -0.2) is 0 Å². The van der Waals surface area contributed by atoms with Crippen LogP contribution in [0.3, 0.4) is 0 Å². The van der Waals surface area contributed by atoms with Crippen molar-refractivity contribution >= 4 is 34.3 Å². The zero-order valence-corrected chi connectivity index (χ0v) is 16.7. The summed E-state index contributed by atoms with van der Waals surface area (Å²) in [6, 6.07) is 23.9. The molecule has 0 spiro atoms. The lowest BCUT2D eigenvalue weighted by Gasteiger charge is -2.10. The predicted octanol–water partition coefficient (Wildman–Crippen LogP) is 5.69. The highest BCUT2D eigenvalue weighted by Crippen LogP contribution is 2.31. The highest BCUT2D eigenvalue weighted by atomic mass is 16.5. The summed E-state index contributed by atoms with van der Waals surface area (Å²) in [6.45, 7) is 0. The largest absolute Gasteiger partial charge is 0.497 e. The Morgan fingerprint density at radius 2 is 1.45 bits per heavy atom. The van der Waals surface area contributed by atoms with Crippen molar-refractivity contribution in [3.63, 3.8) is 0 Å². The molecule has 0 amide bonds. The fraction of sp³-hybridized carbons (Fsp3) is 0.125. The van der Waals surface area contributed by atoms with Crippen molar-refractivity contribution in [1.82, 2.24) is 4.57 Å². The molecule has 4 rings (SSSR count). The number of rotatable bonds is 6. The first-order valence-electron chi connectivity index (χ1n) is 9.36. The molecule has 0 saturated heterocycles. The number of methoxy groups -OCH3 is 2. The standard InChI is InChI=1S/C24H23N3O2/c1-27-23-7-5-4-6-21(23)22(16-25-17-8-12-19(28-2)13-9-17)24(27)26-18-10-14-20(29-3)15-11-18/h4-16,26H,1-3H3. The molecule has 1 heterocycles. The quantitative estimate of drug-likeness (QED) is 0.434. The fourth-order valence-corrected chi connectivity index (χ4v) is 3.32. The van der Waals surface area contributed by atoms with E-state index in [1.165, 1.54) is 0 Å². The summed E-state index contributed by atoms with van der Waals surface area (Å²) in [7, 11) is 5.38. The number of nitrogens with one attached hydrogen (secondary N) is 1. The van der Waals surface area contributed by atoms with Crippen LogP contribution in [0.4, 0.5) is 17.2 Å². The van der Waals surface area contributed by atoms with Gasteiger partial charge in [0.25, 0.3) is 0 Å². The van der Waals surface area contributed by atoms with E-state index in [-0.39, 0.29) is 0 Å². The van der Waals surface area contributed by atoms with Gasteiger partial charge in [0.2, 0.25) is 0 Å². The average Bonchev–Trinajstić information content (AvgIpc) is 3.04. The van der Waals surface area contributed by atoms with Crippen LogP contribution in [0.1, 0.15) is 5.56 Å². The van der Waals surface area contributed by atoms with Crippen LogP contribution in [0.25, 0.3) is 10.9 Å². The van der Waals surface area contributed by atoms with Gasteiger partial charge < -0.3 is 19.4 Å². The molecule has 1 aromatic heterocycles. The summed E-state index contributed by atoms with van der Waals surface area (Å²) < 4.78 is 12.6. The Bertz CT molecular complexity index is 1140. The molecular formula is C24H23N3O2. The molecule has 0 aliphatic rings. The third-order valence-corrected chi connectivity index (χ3v) is 4.91. The molecule has 3 aromatic carbocycles. The Kier molecular flexibility index (Phi) is 5.20. The zero-order valence-electron chi connectivity index (χ0n) is 16.7. The van der Waals surface area contributed by atoms with Crippen LogP contribution in [-0.2, 0) is 7.05 Å². The summed E-state index contributed by atoms with van der Waals surface area (Å²) in [5.74, 6) is 2.62. The van der Waals surface area contributed by atoms with Crippen LogP contribution in [0, 0.1) is 0 Å². The maximum atomic E-state index is 5.26. The van der Waals surface area contributed by atoms with Gasteiger partial charge in [0.1, 0.15) is 17.3 Å². The van der Waals surface area contributed by atoms with Crippen molar-refractivity contribution in [1.29, 1.82) is 0 Å². The molecule has 146 valence electrons. The molecule has 0 fully saturated rings. The van der Waals surface area contributed by atoms with Crippen molar-refractivity contribution in [2.24, 2.45) is 12.0 Å². The van der Waals surface area contributed by atoms with Gasteiger partial charge >= 0.3 is 0 Å². The molecule has 0 atom stereocenters. The summed E-state index contributed by atoms with van der Waals surface area (Å²) in [4.78, 5) is 4.69. The van der Waals surface area contributed by atoms with Crippen LogP contribution in [0.5, 0.6) is 11.5 Å². The van der Waals surface area contributed by atoms with Crippen LogP contribution >= 0.6 is 0 Å². The number of ether oxygens (including phenoxy) is 2. The summed E-state index contributed by atoms with van der Waals surface area (Å²) >= 11 is 0. The maximum absolute atomic E-state index is 5.26. The van der Waals surface area contributed by atoms with Gasteiger partial charge in [0.15, 0.2) is 0 Å². The SMILES string of the molecule is COc1ccc(N=Cc2c(Nc3ccc(OC)cc3)n(C)c3ccccc23)cc1. The van der Waals surface area contributed by atoms with E-state index in [9.17, 15) is 0 Å². The smallest absolute Gasteiger partial charge is 0.120 e. The van der Waals surface area contributed by atoms with E-state index in [2.05, 4.69) is 29.1 Å². The number of anilines is 2. The lowest BCUT2D eigenvalue weighted by Crippen LogP contribution is -2.00. The number of aryl methyl sites for hydroxylation is 1. The molecule has 0 unspecified atom stereocenters. The van der Waals surface area contributed by atoms with Gasteiger partial charge in [0, 0.05) is 29.9 Å². The Labute approximate surface area is 170 Å². The Morgan fingerprint density at radius 1 is 0.828 bits per heavy atom. The first kappa shape index (κ1) is 18.6. The second kappa shape index (κ2) is 8.10. The third-order valence-electron chi connectivity index (χ3n) is 4.91. The number of hydrogen-bond acceptors (Lipinski definition) is 4. The molecule has 1 N–H and O–H groups in total. The normalized spacial score (nSPS) is 11.1. The maximum Gasteiger partial charge on any atom is 0.120 e. The van der Waals surface area contributed by atoms with E-state index in [4.69, 9.17) is 14.5 Å². The van der Waals surface area contributed by atoms with Crippen molar-refractivity contribution in [2.75, 3.05) is 19.5 Å². The molecule has 5 nitrogen and oxygen atoms in total. The Morgan fingerprint density at radius 3 is 2.10 bits per heavy atom. The predicted molar refractivity (Wildman–Crippen MR) is 119 cm³/mol. The molecule has 5 heteroatoms. The summed E-state index contributed by atoms with van der Waals surface area (Å²) in [6.07, 6.45) is 1.91. The number of hydrogen-bond donors (Lipinski definition) is 1. The second-order valence-corrected chi connectivity index (χ2v) is 6.65. The monoisotopic (exact) mass is 385 g/mol. The number of para-hydroxylation sites is 1. The molecule has 0 radical (unpaired) electrons. The van der Waals surface area contributed by atoms with Gasteiger partial charge in [0.05, 0.1) is 25.4 Å². The minimum Gasteiger partial charge on any atom is -0.497 e. The Balaban J connectivity index is 1.74. The van der Waals surface area contributed by atoms with Gasteiger partial charge in [-0.15, -0.1) is 0 Å². The van der Waals surface area contributed by atoms with E-state index < -0.39 is 0 Å². The highest BCUT2D eigenvalue weighted by Gasteiger charge is 2.13. The lowest BCUT2D eigenvalue weighted by atomic mass is 10.1. The van der Waals surface area contributed by atoms with Gasteiger partial charge in [-0.3, -0.25) is 4.99 Å². The average molecular weight is 385 g/mol. The first-order valence-corrected chi connectivity index (χ1v) is 9.36. The zero-order chi connectivity index (χ0) is 20.2. The molecule has 0 aliphatic carbocycles. The number of nitrogens with zero attached hydrogens (tertiary/aromatic N) is 2. The topological polar surface area (TPSA) is 47.8 Å². The van der Waals surface area contributed by atoms with Crippen molar-refractivity contribution < 1.29 is 9.47 Å². The minimum absolute atomic E-state index is 0.816. The number of benzene rings is 3. The van der Waals surface area contributed by atoms with E-state index in [0.29, 0.717) is 0 Å². The summed E-state index contributed by atoms with van der Waals surface area (Å²) in [5, 5.41) is 4.67. The molecular weight excluding hydrogens is 362 g/mol. The van der Waals surface area contributed by atoms with Crippen LogP contribution in [0.2, 0.25) is 0 Å². The molecule has 4 aromatic rings. The van der Waals surface area contributed by atoms with E-state index in [1.807, 2.05) is 66.9 Å². The molecule has 29 heavy (non-hydrogen) atoms. The van der Waals surface area contributed by atoms with Crippen LogP contribution in [0.15, 0.2) is 77.8 Å². The van der Waals surface area contributed by atoms with E-state index >= 15 is 0 Å². The first-order chi connectivity index (χ1) is 14.2. The Hall–Kier alpha value is -3.73.